The number of hydrogen-bond acceptors (Lipinski definition) is 2. The standard InChI is InChI=1S/C22H30O2/c1-21(2,3)19-13-9-7-11-17(19)15-23-24-16-18-12-8-10-14-20(18)22(4,5)6/h7-14H,15-16H2,1-6H3. The highest BCUT2D eigenvalue weighted by molar-refractivity contribution is 5.33. The van der Waals surface area contributed by atoms with E-state index in [1.165, 1.54) is 22.3 Å². The molecule has 2 nitrogen and oxygen atoms in total. The van der Waals surface area contributed by atoms with Crippen molar-refractivity contribution in [3.8, 4) is 0 Å². The lowest BCUT2D eigenvalue weighted by Gasteiger charge is -2.23. The van der Waals surface area contributed by atoms with Crippen molar-refractivity contribution in [1.29, 1.82) is 0 Å². The van der Waals surface area contributed by atoms with Crippen LogP contribution in [0, 0.1) is 0 Å². The highest BCUT2D eigenvalue weighted by Crippen LogP contribution is 2.27. The maximum Gasteiger partial charge on any atom is 0.108 e. The van der Waals surface area contributed by atoms with Crippen LogP contribution in [0.1, 0.15) is 63.8 Å². The SMILES string of the molecule is CC(C)(C)c1ccccc1COOCc1ccccc1C(C)(C)C. The molecule has 0 atom stereocenters. The molecule has 0 aliphatic heterocycles. The van der Waals surface area contributed by atoms with Gasteiger partial charge < -0.3 is 0 Å². The van der Waals surface area contributed by atoms with E-state index < -0.39 is 0 Å². The highest BCUT2D eigenvalue weighted by atomic mass is 17.2. The summed E-state index contributed by atoms with van der Waals surface area (Å²) in [4.78, 5) is 11.1. The molecule has 130 valence electrons. The molecular formula is C22H30O2. The van der Waals surface area contributed by atoms with Crippen molar-refractivity contribution >= 4 is 0 Å². The quantitative estimate of drug-likeness (QED) is 0.385. The van der Waals surface area contributed by atoms with Crippen LogP contribution in [0.25, 0.3) is 0 Å². The van der Waals surface area contributed by atoms with Crippen LogP contribution in [0.15, 0.2) is 48.5 Å². The average Bonchev–Trinajstić information content (AvgIpc) is 2.50. The summed E-state index contributed by atoms with van der Waals surface area (Å²) < 4.78 is 0. The Bertz CT molecular complexity index is 601. The van der Waals surface area contributed by atoms with Crippen LogP contribution in [-0.2, 0) is 33.8 Å². The predicted octanol–water partition coefficient (Wildman–Crippen LogP) is 5.93. The van der Waals surface area contributed by atoms with Gasteiger partial charge in [-0.25, -0.2) is 9.78 Å². The topological polar surface area (TPSA) is 18.5 Å². The van der Waals surface area contributed by atoms with E-state index in [0.29, 0.717) is 13.2 Å². The second-order valence-electron chi connectivity index (χ2n) is 8.34. The van der Waals surface area contributed by atoms with Crippen LogP contribution in [0.3, 0.4) is 0 Å². The third-order valence-corrected chi connectivity index (χ3v) is 4.16. The summed E-state index contributed by atoms with van der Waals surface area (Å²) in [5.41, 5.74) is 5.13. The van der Waals surface area contributed by atoms with Gasteiger partial charge in [-0.05, 0) is 33.1 Å². The first-order valence-electron chi connectivity index (χ1n) is 8.61. The molecule has 0 unspecified atom stereocenters. The van der Waals surface area contributed by atoms with Crippen LogP contribution in [0.5, 0.6) is 0 Å². The molecule has 0 aliphatic carbocycles. The molecular weight excluding hydrogens is 296 g/mol. The van der Waals surface area contributed by atoms with Gasteiger partial charge in [0.25, 0.3) is 0 Å². The Morgan fingerprint density at radius 1 is 0.583 bits per heavy atom. The van der Waals surface area contributed by atoms with E-state index in [0.717, 1.165) is 0 Å². The van der Waals surface area contributed by atoms with Crippen molar-refractivity contribution in [2.24, 2.45) is 0 Å². The molecule has 24 heavy (non-hydrogen) atoms. The molecule has 0 amide bonds. The molecule has 2 aromatic carbocycles. The Morgan fingerprint density at radius 2 is 0.917 bits per heavy atom. The largest absolute Gasteiger partial charge is 0.232 e. The molecule has 2 heteroatoms. The second kappa shape index (κ2) is 7.50. The summed E-state index contributed by atoms with van der Waals surface area (Å²) in [6.45, 7) is 14.2. The van der Waals surface area contributed by atoms with Gasteiger partial charge in [0.15, 0.2) is 0 Å². The Kier molecular flexibility index (Phi) is 5.84. The average molecular weight is 326 g/mol. The van der Waals surface area contributed by atoms with E-state index in [1.54, 1.807) is 0 Å². The number of hydrogen-bond donors (Lipinski definition) is 0. The zero-order valence-electron chi connectivity index (χ0n) is 15.8. The fourth-order valence-electron chi connectivity index (χ4n) is 2.97. The van der Waals surface area contributed by atoms with Crippen molar-refractivity contribution in [2.45, 2.75) is 65.6 Å². The fraction of sp³-hybridized carbons (Fsp3) is 0.455. The zero-order chi connectivity index (χ0) is 17.8. The van der Waals surface area contributed by atoms with Crippen LogP contribution < -0.4 is 0 Å². The zero-order valence-corrected chi connectivity index (χ0v) is 15.8. The Balaban J connectivity index is 1.98. The van der Waals surface area contributed by atoms with Gasteiger partial charge in [-0.2, -0.15) is 0 Å². The maximum atomic E-state index is 5.53. The van der Waals surface area contributed by atoms with Crippen LogP contribution in [0.4, 0.5) is 0 Å². The first kappa shape index (κ1) is 18.7. The maximum absolute atomic E-state index is 5.53. The molecule has 0 aromatic heterocycles. The number of benzene rings is 2. The Hall–Kier alpha value is -1.64. The van der Waals surface area contributed by atoms with Gasteiger partial charge in [-0.15, -0.1) is 0 Å². The van der Waals surface area contributed by atoms with Crippen molar-refractivity contribution in [3.05, 3.63) is 70.8 Å². The summed E-state index contributed by atoms with van der Waals surface area (Å²) in [5.74, 6) is 0. The highest BCUT2D eigenvalue weighted by Gasteiger charge is 2.19. The van der Waals surface area contributed by atoms with Crippen molar-refractivity contribution < 1.29 is 9.78 Å². The molecule has 2 rings (SSSR count). The molecule has 0 bridgehead atoms. The summed E-state index contributed by atoms with van der Waals surface area (Å²) in [7, 11) is 0. The van der Waals surface area contributed by atoms with Crippen LogP contribution in [-0.4, -0.2) is 0 Å². The number of rotatable bonds is 5. The lowest BCUT2D eigenvalue weighted by Crippen LogP contribution is -2.15. The van der Waals surface area contributed by atoms with Crippen molar-refractivity contribution in [1.82, 2.24) is 0 Å². The second-order valence-corrected chi connectivity index (χ2v) is 8.34. The van der Waals surface area contributed by atoms with Gasteiger partial charge in [-0.3, -0.25) is 0 Å². The normalized spacial score (nSPS) is 12.4. The summed E-state index contributed by atoms with van der Waals surface area (Å²) in [6.07, 6.45) is 0. The first-order valence-corrected chi connectivity index (χ1v) is 8.61. The van der Waals surface area contributed by atoms with Gasteiger partial charge in [0.05, 0.1) is 0 Å². The molecule has 0 aliphatic rings. The Morgan fingerprint density at radius 3 is 1.25 bits per heavy atom. The lowest BCUT2D eigenvalue weighted by atomic mass is 9.84. The van der Waals surface area contributed by atoms with E-state index in [2.05, 4.69) is 77.9 Å². The fourth-order valence-corrected chi connectivity index (χ4v) is 2.97. The molecule has 2 aromatic rings. The van der Waals surface area contributed by atoms with Crippen LogP contribution in [0.2, 0.25) is 0 Å². The van der Waals surface area contributed by atoms with E-state index in [-0.39, 0.29) is 10.8 Å². The van der Waals surface area contributed by atoms with E-state index in [9.17, 15) is 0 Å². The van der Waals surface area contributed by atoms with Gasteiger partial charge >= 0.3 is 0 Å². The molecule has 0 radical (unpaired) electrons. The minimum Gasteiger partial charge on any atom is -0.232 e. The Labute approximate surface area is 146 Å². The van der Waals surface area contributed by atoms with Gasteiger partial charge in [-0.1, -0.05) is 90.1 Å². The first-order chi connectivity index (χ1) is 11.2. The molecule has 0 heterocycles. The van der Waals surface area contributed by atoms with Gasteiger partial charge in [0, 0.05) is 0 Å². The summed E-state index contributed by atoms with van der Waals surface area (Å²) in [6, 6.07) is 16.8. The van der Waals surface area contributed by atoms with E-state index >= 15 is 0 Å². The van der Waals surface area contributed by atoms with Crippen LogP contribution >= 0.6 is 0 Å². The monoisotopic (exact) mass is 326 g/mol. The van der Waals surface area contributed by atoms with Gasteiger partial charge in [0.1, 0.15) is 13.2 Å². The smallest absolute Gasteiger partial charge is 0.108 e. The summed E-state index contributed by atoms with van der Waals surface area (Å²) >= 11 is 0. The van der Waals surface area contributed by atoms with E-state index in [4.69, 9.17) is 9.78 Å². The molecule has 0 fully saturated rings. The molecule has 0 N–H and O–H groups in total. The third kappa shape index (κ3) is 4.93. The van der Waals surface area contributed by atoms with Crippen molar-refractivity contribution in [3.63, 3.8) is 0 Å². The summed E-state index contributed by atoms with van der Waals surface area (Å²) in [5, 5.41) is 0. The lowest BCUT2D eigenvalue weighted by molar-refractivity contribution is -0.313. The molecule has 0 saturated heterocycles. The molecule has 0 saturated carbocycles. The predicted molar refractivity (Wildman–Crippen MR) is 99.9 cm³/mol. The van der Waals surface area contributed by atoms with Crippen molar-refractivity contribution in [2.75, 3.05) is 0 Å². The van der Waals surface area contributed by atoms with E-state index in [1.807, 2.05) is 12.1 Å². The third-order valence-electron chi connectivity index (χ3n) is 4.16. The minimum atomic E-state index is 0.0960. The minimum absolute atomic E-state index is 0.0960. The van der Waals surface area contributed by atoms with Gasteiger partial charge in [0.2, 0.25) is 0 Å². The molecule has 0 spiro atoms.